The second-order valence-corrected chi connectivity index (χ2v) is 7.57. The van der Waals surface area contributed by atoms with Gasteiger partial charge in [-0.3, -0.25) is 0 Å². The Kier molecular flexibility index (Phi) is 6.43. The number of benzene rings is 1. The maximum Gasteiger partial charge on any atom is 0.277 e. The van der Waals surface area contributed by atoms with Crippen LogP contribution in [-0.2, 0) is 10.0 Å². The molecule has 2 rings (SSSR count). The van der Waals surface area contributed by atoms with Gasteiger partial charge in [0.05, 0.1) is 10.6 Å². The van der Waals surface area contributed by atoms with Crippen molar-refractivity contribution in [2.75, 3.05) is 18.8 Å². The minimum absolute atomic E-state index is 0.216. The number of hydrogen-bond acceptors (Lipinski definition) is 6. The molecule has 1 aromatic heterocycles. The van der Waals surface area contributed by atoms with E-state index < -0.39 is 10.0 Å². The third-order valence-corrected chi connectivity index (χ3v) is 6.02. The van der Waals surface area contributed by atoms with Gasteiger partial charge in [-0.1, -0.05) is 37.6 Å². The van der Waals surface area contributed by atoms with E-state index in [1.165, 1.54) is 16.1 Å². The topological polar surface area (TPSA) is 76.3 Å². The van der Waals surface area contributed by atoms with Crippen molar-refractivity contribution in [3.8, 4) is 23.3 Å². The first-order valence-electron chi connectivity index (χ1n) is 7.49. The Labute approximate surface area is 146 Å². The van der Waals surface area contributed by atoms with Crippen LogP contribution in [0, 0.1) is 11.8 Å². The first kappa shape index (κ1) is 18.5. The molecule has 0 spiro atoms. The van der Waals surface area contributed by atoms with Crippen LogP contribution < -0.4 is 0 Å². The van der Waals surface area contributed by atoms with Gasteiger partial charge in [0.1, 0.15) is 0 Å². The van der Waals surface area contributed by atoms with Gasteiger partial charge in [-0.15, -0.1) is 16.1 Å². The molecule has 0 atom stereocenters. The highest BCUT2D eigenvalue weighted by molar-refractivity contribution is 7.99. The van der Waals surface area contributed by atoms with Crippen LogP contribution in [-0.4, -0.2) is 41.8 Å². The van der Waals surface area contributed by atoms with Crippen LogP contribution >= 0.6 is 11.8 Å². The van der Waals surface area contributed by atoms with Gasteiger partial charge in [-0.25, -0.2) is 8.42 Å². The van der Waals surface area contributed by atoms with E-state index in [0.29, 0.717) is 35.5 Å². The Hall–Kier alpha value is -1.82. The van der Waals surface area contributed by atoms with Crippen molar-refractivity contribution in [2.24, 2.45) is 0 Å². The molecule has 2 aromatic rings. The second-order valence-electron chi connectivity index (χ2n) is 4.71. The normalized spacial score (nSPS) is 11.3. The van der Waals surface area contributed by atoms with Crippen molar-refractivity contribution in [2.45, 2.75) is 30.9 Å². The summed E-state index contributed by atoms with van der Waals surface area (Å²) in [4.78, 5) is 0.216. The molecule has 128 valence electrons. The molecule has 6 nitrogen and oxygen atoms in total. The zero-order chi connectivity index (χ0) is 17.6. The van der Waals surface area contributed by atoms with Gasteiger partial charge in [-0.05, 0) is 25.1 Å². The zero-order valence-electron chi connectivity index (χ0n) is 13.8. The molecule has 0 saturated heterocycles. The molecule has 24 heavy (non-hydrogen) atoms. The van der Waals surface area contributed by atoms with Gasteiger partial charge in [0.15, 0.2) is 0 Å². The summed E-state index contributed by atoms with van der Waals surface area (Å²) in [5.41, 5.74) is 0.573. The standard InChI is InChI=1S/C16H19N3O3S2/c1-4-7-11-23-16-18-17-15(22-16)13-9-8-10-14(12-13)24(20,21)19(5-2)6-3/h8-10,12H,5-6,11H2,1-3H3. The summed E-state index contributed by atoms with van der Waals surface area (Å²) >= 11 is 1.34. The lowest BCUT2D eigenvalue weighted by atomic mass is 10.2. The van der Waals surface area contributed by atoms with Gasteiger partial charge in [0.25, 0.3) is 5.22 Å². The summed E-state index contributed by atoms with van der Waals surface area (Å²) in [6.45, 7) is 6.23. The van der Waals surface area contributed by atoms with Gasteiger partial charge in [0, 0.05) is 18.7 Å². The number of sulfonamides is 1. The van der Waals surface area contributed by atoms with E-state index in [1.54, 1.807) is 31.2 Å². The molecular formula is C16H19N3O3S2. The zero-order valence-corrected chi connectivity index (χ0v) is 15.4. The molecule has 0 amide bonds. The molecular weight excluding hydrogens is 346 g/mol. The fourth-order valence-corrected chi connectivity index (χ4v) is 4.14. The molecule has 0 unspecified atom stereocenters. The van der Waals surface area contributed by atoms with E-state index in [-0.39, 0.29) is 4.90 Å². The van der Waals surface area contributed by atoms with E-state index in [2.05, 4.69) is 22.0 Å². The number of nitrogens with zero attached hydrogens (tertiary/aromatic N) is 3. The highest BCUT2D eigenvalue weighted by Gasteiger charge is 2.22. The molecule has 0 bridgehead atoms. The summed E-state index contributed by atoms with van der Waals surface area (Å²) in [6.07, 6.45) is 0. The van der Waals surface area contributed by atoms with E-state index >= 15 is 0 Å². The summed E-state index contributed by atoms with van der Waals surface area (Å²) in [5, 5.41) is 8.33. The van der Waals surface area contributed by atoms with Crippen molar-refractivity contribution < 1.29 is 12.8 Å². The van der Waals surface area contributed by atoms with Gasteiger partial charge < -0.3 is 4.42 Å². The minimum atomic E-state index is -3.52. The molecule has 0 aliphatic rings. The third-order valence-electron chi connectivity index (χ3n) is 3.28. The Balaban J connectivity index is 2.29. The van der Waals surface area contributed by atoms with Crippen LogP contribution in [0.15, 0.2) is 38.8 Å². The summed E-state index contributed by atoms with van der Waals surface area (Å²) in [6, 6.07) is 6.54. The van der Waals surface area contributed by atoms with Crippen LogP contribution in [0.5, 0.6) is 0 Å². The molecule has 1 heterocycles. The van der Waals surface area contributed by atoms with Crippen molar-refractivity contribution in [1.29, 1.82) is 0 Å². The number of thioether (sulfide) groups is 1. The fourth-order valence-electron chi connectivity index (χ4n) is 2.06. The SMILES string of the molecule is CC#CCSc1nnc(-c2cccc(S(=O)(=O)N(CC)CC)c2)o1. The lowest BCUT2D eigenvalue weighted by Gasteiger charge is -2.18. The number of aromatic nitrogens is 2. The molecule has 0 saturated carbocycles. The fraction of sp³-hybridized carbons (Fsp3) is 0.375. The Morgan fingerprint density at radius 2 is 2.00 bits per heavy atom. The second kappa shape index (κ2) is 8.33. The van der Waals surface area contributed by atoms with Crippen LogP contribution in [0.4, 0.5) is 0 Å². The van der Waals surface area contributed by atoms with Gasteiger partial charge in [0.2, 0.25) is 15.9 Å². The predicted octanol–water partition coefficient (Wildman–Crippen LogP) is 2.88. The molecule has 0 aliphatic heterocycles. The maximum absolute atomic E-state index is 12.6. The van der Waals surface area contributed by atoms with Crippen molar-refractivity contribution in [3.63, 3.8) is 0 Å². The lowest BCUT2D eigenvalue weighted by molar-refractivity contribution is 0.445. The highest BCUT2D eigenvalue weighted by atomic mass is 32.2. The number of hydrogen-bond donors (Lipinski definition) is 0. The van der Waals surface area contributed by atoms with E-state index in [9.17, 15) is 8.42 Å². The number of rotatable bonds is 7. The molecule has 8 heteroatoms. The van der Waals surface area contributed by atoms with Crippen molar-refractivity contribution in [1.82, 2.24) is 14.5 Å². The van der Waals surface area contributed by atoms with Crippen LogP contribution in [0.2, 0.25) is 0 Å². The molecule has 1 aromatic carbocycles. The molecule has 0 radical (unpaired) electrons. The lowest BCUT2D eigenvalue weighted by Crippen LogP contribution is -2.30. The van der Waals surface area contributed by atoms with Crippen LogP contribution in [0.3, 0.4) is 0 Å². The van der Waals surface area contributed by atoms with Gasteiger partial charge in [-0.2, -0.15) is 4.31 Å². The summed E-state index contributed by atoms with van der Waals surface area (Å²) in [5.74, 6) is 6.54. The van der Waals surface area contributed by atoms with Crippen molar-refractivity contribution in [3.05, 3.63) is 24.3 Å². The van der Waals surface area contributed by atoms with E-state index in [4.69, 9.17) is 4.42 Å². The molecule has 0 fully saturated rings. The average molecular weight is 365 g/mol. The summed E-state index contributed by atoms with van der Waals surface area (Å²) in [7, 11) is -3.52. The smallest absolute Gasteiger partial charge is 0.277 e. The van der Waals surface area contributed by atoms with Gasteiger partial charge >= 0.3 is 0 Å². The van der Waals surface area contributed by atoms with Crippen molar-refractivity contribution >= 4 is 21.8 Å². The largest absolute Gasteiger partial charge is 0.411 e. The molecule has 0 N–H and O–H groups in total. The first-order valence-corrected chi connectivity index (χ1v) is 9.92. The quantitative estimate of drug-likeness (QED) is 0.555. The Morgan fingerprint density at radius 3 is 2.67 bits per heavy atom. The van der Waals surface area contributed by atoms with E-state index in [0.717, 1.165) is 0 Å². The van der Waals surface area contributed by atoms with Crippen LogP contribution in [0.25, 0.3) is 11.5 Å². The monoisotopic (exact) mass is 365 g/mol. The summed E-state index contributed by atoms with van der Waals surface area (Å²) < 4.78 is 32.2. The Bertz CT molecular complexity index is 847. The predicted molar refractivity (Wildman–Crippen MR) is 94.0 cm³/mol. The van der Waals surface area contributed by atoms with Crippen LogP contribution in [0.1, 0.15) is 20.8 Å². The first-order chi connectivity index (χ1) is 11.5. The highest BCUT2D eigenvalue weighted by Crippen LogP contribution is 2.26. The Morgan fingerprint density at radius 1 is 1.25 bits per heavy atom. The molecule has 0 aliphatic carbocycles. The maximum atomic E-state index is 12.6. The minimum Gasteiger partial charge on any atom is -0.411 e. The third kappa shape index (κ3) is 4.17. The average Bonchev–Trinajstić information content (AvgIpc) is 3.05. The van der Waals surface area contributed by atoms with E-state index in [1.807, 2.05) is 13.8 Å².